The number of hydrogen-bond acceptors (Lipinski definition) is 13. The highest BCUT2D eigenvalue weighted by Crippen LogP contribution is 2.42. The zero-order valence-corrected chi connectivity index (χ0v) is 34.3. The Labute approximate surface area is 317 Å². The molecule has 4 fully saturated rings. The van der Waals surface area contributed by atoms with Gasteiger partial charge in [0.05, 0.1) is 47.6 Å². The quantitative estimate of drug-likeness (QED) is 0.279. The van der Waals surface area contributed by atoms with Crippen LogP contribution < -0.4 is 0 Å². The summed E-state index contributed by atoms with van der Waals surface area (Å²) in [5.41, 5.74) is -2.73. The molecule has 13 nitrogen and oxygen atoms in total. The van der Waals surface area contributed by atoms with E-state index < -0.39 is 102 Å². The van der Waals surface area contributed by atoms with E-state index in [0.717, 1.165) is 25.7 Å². The van der Waals surface area contributed by atoms with E-state index >= 15 is 0 Å². The molecule has 0 bridgehead atoms. The van der Waals surface area contributed by atoms with Gasteiger partial charge in [0, 0.05) is 43.2 Å². The van der Waals surface area contributed by atoms with Crippen LogP contribution in [0.2, 0.25) is 0 Å². The van der Waals surface area contributed by atoms with Crippen LogP contribution in [0.15, 0.2) is 0 Å². The Kier molecular flexibility index (Phi) is 15.0. The van der Waals surface area contributed by atoms with Crippen LogP contribution in [0.4, 0.5) is 0 Å². The van der Waals surface area contributed by atoms with E-state index in [9.17, 15) is 30.0 Å². The van der Waals surface area contributed by atoms with Gasteiger partial charge in [0.15, 0.2) is 12.6 Å². The highest BCUT2D eigenvalue weighted by molar-refractivity contribution is 5.83. The Morgan fingerprint density at radius 3 is 2.04 bits per heavy atom. The lowest BCUT2D eigenvalue weighted by molar-refractivity contribution is -0.317. The van der Waals surface area contributed by atoms with E-state index in [0.29, 0.717) is 6.42 Å². The number of Topliss-reactive ketones (excluding diaryl/α,β-unsaturated/α-hetero) is 1. The zero-order valence-electron chi connectivity index (χ0n) is 34.3. The van der Waals surface area contributed by atoms with Gasteiger partial charge in [-0.05, 0) is 80.3 Å². The lowest BCUT2D eigenvalue weighted by atomic mass is 9.74. The van der Waals surface area contributed by atoms with Crippen LogP contribution in [0.25, 0.3) is 0 Å². The summed E-state index contributed by atoms with van der Waals surface area (Å²) < 4.78 is 38.0. The van der Waals surface area contributed by atoms with Crippen molar-refractivity contribution in [2.45, 2.75) is 186 Å². The van der Waals surface area contributed by atoms with Gasteiger partial charge in [0.1, 0.15) is 24.1 Å². The predicted molar refractivity (Wildman–Crippen MR) is 196 cm³/mol. The number of cyclic esters (lactones) is 1. The second-order valence-corrected chi connectivity index (χ2v) is 17.8. The number of rotatable bonds is 7. The average Bonchev–Trinajstić information content (AvgIpc) is 3.64. The first-order chi connectivity index (χ1) is 24.6. The van der Waals surface area contributed by atoms with Crippen molar-refractivity contribution in [1.29, 1.82) is 0 Å². The van der Waals surface area contributed by atoms with E-state index in [4.69, 9.17) is 28.4 Å². The summed E-state index contributed by atoms with van der Waals surface area (Å²) >= 11 is 0. The fraction of sp³-hybridized carbons (Fsp3) is 0.950. The van der Waals surface area contributed by atoms with Crippen molar-refractivity contribution < 1.29 is 58.4 Å². The number of nitrogens with zero attached hydrogens (tertiary/aromatic N) is 1. The van der Waals surface area contributed by atoms with Crippen molar-refractivity contribution in [3.8, 4) is 0 Å². The Hall–Kier alpha value is -1.26. The standard InChI is InChI=1S/C40H71NO12/c1-20-18-39(8,47)36(53-38-32(44)28(41(10)11)17-21(2)49-38)24(5)33(51-29-19-40(9,48-12)35(45)26(7)50-29)25(6)37(46)52-34(27-15-13-14-16-27)23(4)31(43)22(3)30(20)42/h20-29,31-36,38,43-45,47H,13-19H2,1-12H3/t20-,21?,22+,23-,24+,25-,26?,28?,29?,31-,32?,33+,34+,35?,36-,38?,39-,40?/m1/s1. The molecule has 0 amide bonds. The second kappa shape index (κ2) is 17.9. The SMILES string of the molecule is COC1(C)CC(O[C@H]2[C@H](C)[C@@H](OC3OC(C)CC(N(C)C)C3O)[C@](C)(O)C[C@@H](C)C(=O)[C@H](C)[C@@H](O)[C@@H](C)[C@@H](C3CCCC3)OC(=O)[C@@H]2C)OC(C)C1O. The van der Waals surface area contributed by atoms with Crippen molar-refractivity contribution in [1.82, 2.24) is 4.90 Å². The maximum atomic E-state index is 14.4. The third-order valence-electron chi connectivity index (χ3n) is 13.2. The molecule has 0 aromatic rings. The summed E-state index contributed by atoms with van der Waals surface area (Å²) in [5, 5.41) is 46.6. The molecule has 4 aliphatic rings. The minimum Gasteiger partial charge on any atom is -0.461 e. The monoisotopic (exact) mass is 757 g/mol. The fourth-order valence-electron chi connectivity index (χ4n) is 9.67. The third kappa shape index (κ3) is 9.83. The number of methoxy groups -OCH3 is 1. The van der Waals surface area contributed by atoms with E-state index in [1.807, 2.05) is 39.8 Å². The summed E-state index contributed by atoms with van der Waals surface area (Å²) in [6.07, 6.45) is -4.53. The molecule has 4 N–H and O–H groups in total. The third-order valence-corrected chi connectivity index (χ3v) is 13.2. The van der Waals surface area contributed by atoms with Gasteiger partial charge in [-0.2, -0.15) is 0 Å². The number of ether oxygens (including phenoxy) is 6. The van der Waals surface area contributed by atoms with Gasteiger partial charge in [0.2, 0.25) is 0 Å². The molecule has 13 heteroatoms. The molecule has 4 rings (SSSR count). The van der Waals surface area contributed by atoms with Gasteiger partial charge in [-0.25, -0.2) is 0 Å². The van der Waals surface area contributed by atoms with Gasteiger partial charge in [-0.1, -0.05) is 40.5 Å². The van der Waals surface area contributed by atoms with Crippen molar-refractivity contribution in [2.24, 2.45) is 35.5 Å². The van der Waals surface area contributed by atoms with E-state index in [1.165, 1.54) is 7.11 Å². The highest BCUT2D eigenvalue weighted by atomic mass is 16.7. The molecule has 0 spiro atoms. The van der Waals surface area contributed by atoms with Crippen LogP contribution in [0.5, 0.6) is 0 Å². The molecule has 53 heavy (non-hydrogen) atoms. The molecule has 3 saturated heterocycles. The molecular formula is C40H71NO12. The highest BCUT2D eigenvalue weighted by Gasteiger charge is 2.52. The van der Waals surface area contributed by atoms with Crippen molar-refractivity contribution >= 4 is 11.8 Å². The number of aliphatic hydroxyl groups excluding tert-OH is 3. The molecule has 3 aliphatic heterocycles. The maximum Gasteiger partial charge on any atom is 0.311 e. The van der Waals surface area contributed by atoms with Crippen molar-refractivity contribution in [2.75, 3.05) is 21.2 Å². The minimum absolute atomic E-state index is 0.0278. The first kappa shape index (κ1) is 44.5. The average molecular weight is 758 g/mol. The van der Waals surface area contributed by atoms with Crippen LogP contribution in [-0.4, -0.2) is 137 Å². The van der Waals surface area contributed by atoms with Crippen LogP contribution in [0, 0.1) is 35.5 Å². The van der Waals surface area contributed by atoms with Crippen LogP contribution in [-0.2, 0) is 38.0 Å². The normalized spacial score (nSPS) is 48.8. The second-order valence-electron chi connectivity index (χ2n) is 17.8. The summed E-state index contributed by atoms with van der Waals surface area (Å²) in [6, 6.07) is -0.295. The molecule has 18 atom stereocenters. The van der Waals surface area contributed by atoms with Gasteiger partial charge in [-0.3, -0.25) is 9.59 Å². The lowest BCUT2D eigenvalue weighted by Crippen LogP contribution is -2.60. The Balaban J connectivity index is 1.82. The summed E-state index contributed by atoms with van der Waals surface area (Å²) in [4.78, 5) is 30.4. The minimum atomic E-state index is -1.72. The number of carbonyl (C=O) groups is 2. The number of aliphatic hydroxyl groups is 4. The molecule has 8 unspecified atom stereocenters. The van der Waals surface area contributed by atoms with Crippen LogP contribution in [0.1, 0.15) is 107 Å². The summed E-state index contributed by atoms with van der Waals surface area (Å²) in [5.74, 6) is -4.44. The maximum absolute atomic E-state index is 14.4. The van der Waals surface area contributed by atoms with Gasteiger partial charge in [0.25, 0.3) is 0 Å². The summed E-state index contributed by atoms with van der Waals surface area (Å²) in [6.45, 7) is 15.8. The zero-order chi connectivity index (χ0) is 39.7. The largest absolute Gasteiger partial charge is 0.461 e. The van der Waals surface area contributed by atoms with Crippen molar-refractivity contribution in [3.05, 3.63) is 0 Å². The number of ketones is 1. The van der Waals surface area contributed by atoms with E-state index in [-0.39, 0.29) is 36.7 Å². The van der Waals surface area contributed by atoms with Crippen molar-refractivity contribution in [3.63, 3.8) is 0 Å². The van der Waals surface area contributed by atoms with Gasteiger partial charge in [-0.15, -0.1) is 0 Å². The van der Waals surface area contributed by atoms with Gasteiger partial charge >= 0.3 is 5.97 Å². The number of esters is 1. The fourth-order valence-corrected chi connectivity index (χ4v) is 9.67. The predicted octanol–water partition coefficient (Wildman–Crippen LogP) is 3.45. The van der Waals surface area contributed by atoms with Crippen LogP contribution in [0.3, 0.4) is 0 Å². The Morgan fingerprint density at radius 1 is 0.830 bits per heavy atom. The topological polar surface area (TPSA) is 174 Å². The Morgan fingerprint density at radius 2 is 1.45 bits per heavy atom. The summed E-state index contributed by atoms with van der Waals surface area (Å²) in [7, 11) is 5.26. The molecule has 0 aromatic carbocycles. The smallest absolute Gasteiger partial charge is 0.311 e. The molecule has 1 saturated carbocycles. The molecule has 308 valence electrons. The molecule has 0 aromatic heterocycles. The van der Waals surface area contributed by atoms with Gasteiger partial charge < -0.3 is 53.7 Å². The van der Waals surface area contributed by atoms with E-state index in [1.54, 1.807) is 41.5 Å². The molecule has 1 aliphatic carbocycles. The first-order valence-electron chi connectivity index (χ1n) is 20.0. The molecule has 0 radical (unpaired) electrons. The number of hydrogen-bond donors (Lipinski definition) is 4. The lowest BCUT2D eigenvalue weighted by Gasteiger charge is -2.49. The number of carbonyl (C=O) groups excluding carboxylic acids is 2. The number of likely N-dealkylation sites (N-methyl/N-ethyl adjacent to an activating group) is 1. The van der Waals surface area contributed by atoms with E-state index in [2.05, 4.69) is 0 Å². The first-order valence-corrected chi connectivity index (χ1v) is 20.0. The Bertz CT molecular complexity index is 1210. The van der Waals surface area contributed by atoms with Crippen LogP contribution >= 0.6 is 0 Å². The molecular weight excluding hydrogens is 686 g/mol. The molecule has 3 heterocycles.